The van der Waals surface area contributed by atoms with E-state index in [0.29, 0.717) is 6.04 Å². The quantitative estimate of drug-likeness (QED) is 0.776. The van der Waals surface area contributed by atoms with E-state index in [4.69, 9.17) is 10.5 Å². The second-order valence-corrected chi connectivity index (χ2v) is 4.33. The number of carbonyl (C=O) groups is 1. The van der Waals surface area contributed by atoms with Crippen LogP contribution in [0.2, 0.25) is 0 Å². The number of nitrogens with two attached hydrogens (primary N) is 1. The highest BCUT2D eigenvalue weighted by molar-refractivity contribution is 5.67. The first-order valence-electron chi connectivity index (χ1n) is 5.70. The first-order valence-corrected chi connectivity index (χ1v) is 5.70. The second-order valence-electron chi connectivity index (χ2n) is 4.33. The van der Waals surface area contributed by atoms with Crippen LogP contribution in [0.1, 0.15) is 32.1 Å². The van der Waals surface area contributed by atoms with Gasteiger partial charge in [0.2, 0.25) is 0 Å². The number of rotatable bonds is 3. The molecule has 0 aliphatic heterocycles. The summed E-state index contributed by atoms with van der Waals surface area (Å²) in [7, 11) is 3.25. The molecule has 0 heterocycles. The zero-order chi connectivity index (χ0) is 11.3. The minimum absolute atomic E-state index is 0.225. The normalized spacial score (nSPS) is 26.1. The van der Waals surface area contributed by atoms with E-state index in [2.05, 4.69) is 0 Å². The van der Waals surface area contributed by atoms with Crippen LogP contribution in [0.3, 0.4) is 0 Å². The van der Waals surface area contributed by atoms with Gasteiger partial charge in [0.05, 0.1) is 7.11 Å². The van der Waals surface area contributed by atoms with E-state index in [1.807, 2.05) is 7.05 Å². The van der Waals surface area contributed by atoms with Crippen molar-refractivity contribution in [3.63, 3.8) is 0 Å². The van der Waals surface area contributed by atoms with E-state index in [9.17, 15) is 4.79 Å². The van der Waals surface area contributed by atoms with Crippen LogP contribution in [-0.4, -0.2) is 37.7 Å². The van der Waals surface area contributed by atoms with Crippen LogP contribution in [-0.2, 0) is 4.74 Å². The monoisotopic (exact) mass is 214 g/mol. The van der Waals surface area contributed by atoms with Crippen molar-refractivity contribution >= 4 is 6.09 Å². The molecule has 0 radical (unpaired) electrons. The zero-order valence-electron chi connectivity index (χ0n) is 9.74. The Morgan fingerprint density at radius 2 is 2.00 bits per heavy atom. The van der Waals surface area contributed by atoms with Crippen LogP contribution in [0.4, 0.5) is 4.79 Å². The van der Waals surface area contributed by atoms with Gasteiger partial charge in [-0.25, -0.2) is 4.79 Å². The van der Waals surface area contributed by atoms with Crippen molar-refractivity contribution in [3.8, 4) is 0 Å². The molecule has 0 saturated heterocycles. The number of methoxy groups -OCH3 is 1. The van der Waals surface area contributed by atoms with Gasteiger partial charge in [-0.1, -0.05) is 0 Å². The zero-order valence-corrected chi connectivity index (χ0v) is 9.74. The van der Waals surface area contributed by atoms with E-state index in [0.717, 1.165) is 31.7 Å². The average molecular weight is 214 g/mol. The molecule has 1 aliphatic carbocycles. The largest absolute Gasteiger partial charge is 0.453 e. The molecule has 0 atom stereocenters. The predicted molar refractivity (Wildman–Crippen MR) is 59.6 cm³/mol. The van der Waals surface area contributed by atoms with E-state index < -0.39 is 0 Å². The van der Waals surface area contributed by atoms with Gasteiger partial charge in [-0.05, 0) is 44.6 Å². The van der Waals surface area contributed by atoms with Gasteiger partial charge >= 0.3 is 6.09 Å². The molecule has 1 saturated carbocycles. The molecule has 0 unspecified atom stereocenters. The lowest BCUT2D eigenvalue weighted by atomic mass is 9.84. The molecular formula is C11H22N2O2. The molecule has 0 aromatic rings. The van der Waals surface area contributed by atoms with Crippen molar-refractivity contribution in [3.05, 3.63) is 0 Å². The minimum atomic E-state index is -0.225. The summed E-state index contributed by atoms with van der Waals surface area (Å²) in [4.78, 5) is 13.0. The molecular weight excluding hydrogens is 192 g/mol. The molecule has 4 nitrogen and oxygen atoms in total. The Kier molecular flexibility index (Phi) is 4.88. The molecule has 1 aliphatic rings. The summed E-state index contributed by atoms with van der Waals surface area (Å²) in [6.45, 7) is 0.780. The number of carbonyl (C=O) groups excluding carboxylic acids is 1. The first kappa shape index (κ1) is 12.3. The van der Waals surface area contributed by atoms with Gasteiger partial charge in [-0.15, -0.1) is 0 Å². The third-order valence-corrected chi connectivity index (χ3v) is 3.40. The maximum Gasteiger partial charge on any atom is 0.409 e. The van der Waals surface area contributed by atoms with E-state index in [-0.39, 0.29) is 6.09 Å². The topological polar surface area (TPSA) is 55.6 Å². The van der Waals surface area contributed by atoms with E-state index in [1.165, 1.54) is 20.0 Å². The SMILES string of the molecule is COC(=O)N(C)C1CCC(CCN)CC1. The summed E-state index contributed by atoms with van der Waals surface area (Å²) < 4.78 is 4.71. The standard InChI is InChI=1S/C11H22N2O2/c1-13(11(14)15-2)10-5-3-9(4-6-10)7-8-12/h9-10H,3-8,12H2,1-2H3. The molecule has 15 heavy (non-hydrogen) atoms. The van der Waals surface area contributed by atoms with Crippen molar-refractivity contribution in [2.24, 2.45) is 11.7 Å². The Labute approximate surface area is 91.8 Å². The van der Waals surface area contributed by atoms with Crippen LogP contribution in [0, 0.1) is 5.92 Å². The summed E-state index contributed by atoms with van der Waals surface area (Å²) in [5.74, 6) is 0.761. The van der Waals surface area contributed by atoms with Gasteiger partial charge in [-0.3, -0.25) is 0 Å². The highest BCUT2D eigenvalue weighted by Gasteiger charge is 2.26. The lowest BCUT2D eigenvalue weighted by molar-refractivity contribution is 0.101. The third-order valence-electron chi connectivity index (χ3n) is 3.40. The van der Waals surface area contributed by atoms with Crippen molar-refractivity contribution in [1.29, 1.82) is 0 Å². The Hall–Kier alpha value is -0.770. The highest BCUT2D eigenvalue weighted by atomic mass is 16.5. The summed E-state index contributed by atoms with van der Waals surface area (Å²) in [6.07, 6.45) is 5.42. The fourth-order valence-electron chi connectivity index (χ4n) is 2.35. The van der Waals surface area contributed by atoms with Crippen LogP contribution < -0.4 is 5.73 Å². The molecule has 4 heteroatoms. The number of hydrogen-bond donors (Lipinski definition) is 1. The lowest BCUT2D eigenvalue weighted by Gasteiger charge is -2.33. The lowest BCUT2D eigenvalue weighted by Crippen LogP contribution is -2.39. The van der Waals surface area contributed by atoms with Crippen molar-refractivity contribution in [2.45, 2.75) is 38.1 Å². The Morgan fingerprint density at radius 1 is 1.40 bits per heavy atom. The maximum atomic E-state index is 11.3. The second kappa shape index (κ2) is 5.95. The van der Waals surface area contributed by atoms with Crippen molar-refractivity contribution in [1.82, 2.24) is 4.90 Å². The summed E-state index contributed by atoms with van der Waals surface area (Å²) in [5, 5.41) is 0. The number of amides is 1. The Morgan fingerprint density at radius 3 is 2.47 bits per heavy atom. The molecule has 0 aromatic heterocycles. The minimum Gasteiger partial charge on any atom is -0.453 e. The number of hydrogen-bond acceptors (Lipinski definition) is 3. The van der Waals surface area contributed by atoms with Crippen LogP contribution in [0.5, 0.6) is 0 Å². The van der Waals surface area contributed by atoms with Gasteiger partial charge in [0.25, 0.3) is 0 Å². The molecule has 1 amide bonds. The van der Waals surface area contributed by atoms with Gasteiger partial charge in [-0.2, -0.15) is 0 Å². The van der Waals surface area contributed by atoms with Crippen LogP contribution in [0.25, 0.3) is 0 Å². The fraction of sp³-hybridized carbons (Fsp3) is 0.909. The molecule has 88 valence electrons. The summed E-state index contributed by atoms with van der Waals surface area (Å²) in [6, 6.07) is 0.353. The van der Waals surface area contributed by atoms with Crippen LogP contribution in [0.15, 0.2) is 0 Å². The van der Waals surface area contributed by atoms with E-state index in [1.54, 1.807) is 4.90 Å². The summed E-state index contributed by atoms with van der Waals surface area (Å²) >= 11 is 0. The predicted octanol–water partition coefficient (Wildman–Crippen LogP) is 1.59. The molecule has 1 fully saturated rings. The average Bonchev–Trinajstić information content (AvgIpc) is 2.28. The molecule has 2 N–H and O–H groups in total. The molecule has 0 bridgehead atoms. The Balaban J connectivity index is 2.33. The van der Waals surface area contributed by atoms with Crippen LogP contribution >= 0.6 is 0 Å². The summed E-state index contributed by atoms with van der Waals surface area (Å²) in [5.41, 5.74) is 5.54. The number of nitrogens with zero attached hydrogens (tertiary/aromatic N) is 1. The van der Waals surface area contributed by atoms with Gasteiger partial charge in [0.15, 0.2) is 0 Å². The first-order chi connectivity index (χ1) is 7.19. The molecule has 0 spiro atoms. The Bertz CT molecular complexity index is 201. The van der Waals surface area contributed by atoms with Gasteiger partial charge < -0.3 is 15.4 Å². The van der Waals surface area contributed by atoms with Gasteiger partial charge in [0, 0.05) is 13.1 Å². The van der Waals surface area contributed by atoms with Crippen molar-refractivity contribution < 1.29 is 9.53 Å². The van der Waals surface area contributed by atoms with E-state index >= 15 is 0 Å². The number of ether oxygens (including phenoxy) is 1. The maximum absolute atomic E-state index is 11.3. The van der Waals surface area contributed by atoms with Crippen molar-refractivity contribution in [2.75, 3.05) is 20.7 Å². The fourth-order valence-corrected chi connectivity index (χ4v) is 2.35. The smallest absolute Gasteiger partial charge is 0.409 e. The van der Waals surface area contributed by atoms with Gasteiger partial charge in [0.1, 0.15) is 0 Å². The third kappa shape index (κ3) is 3.38. The highest BCUT2D eigenvalue weighted by Crippen LogP contribution is 2.28. The molecule has 0 aromatic carbocycles. The molecule has 1 rings (SSSR count).